The topological polar surface area (TPSA) is 56.8 Å². The fourth-order valence-electron chi connectivity index (χ4n) is 2.65. The van der Waals surface area contributed by atoms with Crippen molar-refractivity contribution in [3.63, 3.8) is 0 Å². The van der Waals surface area contributed by atoms with Crippen molar-refractivity contribution in [3.8, 4) is 11.5 Å². The summed E-state index contributed by atoms with van der Waals surface area (Å²) in [6.45, 7) is 2.36. The summed E-state index contributed by atoms with van der Waals surface area (Å²) in [6.07, 6.45) is -4.27. The summed E-state index contributed by atoms with van der Waals surface area (Å²) in [5, 5.41) is 2.64. The minimum absolute atomic E-state index is 0.00250. The highest BCUT2D eigenvalue weighted by atomic mass is 19.4. The third kappa shape index (κ3) is 4.77. The van der Waals surface area contributed by atoms with E-state index in [1.54, 1.807) is 0 Å². The first-order chi connectivity index (χ1) is 11.2. The second-order valence-electron chi connectivity index (χ2n) is 5.84. The van der Waals surface area contributed by atoms with Crippen LogP contribution in [0.5, 0.6) is 11.5 Å². The van der Waals surface area contributed by atoms with Crippen LogP contribution in [0.15, 0.2) is 18.2 Å². The number of carbonyl (C=O) groups excluding carboxylic acids is 1. The molecule has 0 bridgehead atoms. The summed E-state index contributed by atoms with van der Waals surface area (Å²) >= 11 is 0. The van der Waals surface area contributed by atoms with E-state index >= 15 is 0 Å². The molecule has 0 aliphatic carbocycles. The minimum atomic E-state index is -4.46. The summed E-state index contributed by atoms with van der Waals surface area (Å²) in [6, 6.07) is 4.26. The molecule has 0 unspecified atom stereocenters. The average Bonchev–Trinajstić information content (AvgIpc) is 2.83. The second kappa shape index (κ2) is 7.29. The van der Waals surface area contributed by atoms with Crippen LogP contribution in [-0.4, -0.2) is 38.0 Å². The molecule has 2 rings (SSSR count). The number of methoxy groups -OCH3 is 1. The Hall–Kier alpha value is -1.96. The Morgan fingerprint density at radius 1 is 1.33 bits per heavy atom. The van der Waals surface area contributed by atoms with Gasteiger partial charge >= 0.3 is 6.18 Å². The minimum Gasteiger partial charge on any atom is -0.493 e. The highest BCUT2D eigenvalue weighted by molar-refractivity contribution is 5.94. The maximum atomic E-state index is 12.3. The lowest BCUT2D eigenvalue weighted by Gasteiger charge is -2.17. The van der Waals surface area contributed by atoms with Crippen molar-refractivity contribution in [2.24, 2.45) is 5.92 Å². The lowest BCUT2D eigenvalue weighted by atomic mass is 10.0. The maximum Gasteiger partial charge on any atom is 0.422 e. The van der Waals surface area contributed by atoms with E-state index in [9.17, 15) is 18.0 Å². The van der Waals surface area contributed by atoms with Crippen LogP contribution in [0.25, 0.3) is 0 Å². The predicted molar refractivity (Wildman–Crippen MR) is 81.3 cm³/mol. The number of hydrogen-bond acceptors (Lipinski definition) is 4. The van der Waals surface area contributed by atoms with Crippen LogP contribution in [0.2, 0.25) is 0 Å². The third-order valence-corrected chi connectivity index (χ3v) is 3.68. The van der Waals surface area contributed by atoms with Crippen LogP contribution in [0, 0.1) is 5.92 Å². The fraction of sp³-hybridized carbons (Fsp3) is 0.562. The molecule has 1 saturated heterocycles. The number of nitrogens with one attached hydrogen (secondary N) is 1. The molecule has 0 saturated carbocycles. The molecule has 0 aromatic heterocycles. The Bertz CT molecular complexity index is 591. The Morgan fingerprint density at radius 3 is 2.58 bits per heavy atom. The molecule has 1 aromatic rings. The van der Waals surface area contributed by atoms with Crippen molar-refractivity contribution in [1.29, 1.82) is 0 Å². The number of halogens is 3. The predicted octanol–water partition coefficient (Wildman–Crippen LogP) is 3.39. The van der Waals surface area contributed by atoms with E-state index in [1.807, 2.05) is 13.8 Å². The summed E-state index contributed by atoms with van der Waals surface area (Å²) in [5.41, 5.74) is 0.313. The van der Waals surface area contributed by atoms with Crippen molar-refractivity contribution >= 4 is 11.6 Å². The van der Waals surface area contributed by atoms with E-state index in [4.69, 9.17) is 14.2 Å². The van der Waals surface area contributed by atoms with Gasteiger partial charge in [-0.05, 0) is 31.4 Å². The molecule has 1 fully saturated rings. The van der Waals surface area contributed by atoms with Gasteiger partial charge in [0.2, 0.25) is 0 Å². The zero-order valence-electron chi connectivity index (χ0n) is 13.6. The number of benzene rings is 1. The van der Waals surface area contributed by atoms with Crippen LogP contribution in [0.3, 0.4) is 0 Å². The first-order valence-corrected chi connectivity index (χ1v) is 7.53. The Labute approximate surface area is 138 Å². The molecule has 24 heavy (non-hydrogen) atoms. The highest BCUT2D eigenvalue weighted by Crippen LogP contribution is 2.32. The SMILES string of the molecule is COc1ccc(NC(=O)[C@@H]2O[C@H](C)C[C@H]2C)cc1OCC(F)(F)F. The van der Waals surface area contributed by atoms with Gasteiger partial charge < -0.3 is 19.5 Å². The van der Waals surface area contributed by atoms with Gasteiger partial charge in [-0.2, -0.15) is 13.2 Å². The third-order valence-electron chi connectivity index (χ3n) is 3.68. The van der Waals surface area contributed by atoms with Crippen molar-refractivity contribution < 1.29 is 32.2 Å². The number of rotatable bonds is 5. The molecule has 1 aliphatic heterocycles. The van der Waals surface area contributed by atoms with E-state index in [0.29, 0.717) is 5.69 Å². The van der Waals surface area contributed by atoms with Gasteiger partial charge in [0, 0.05) is 11.8 Å². The Kier molecular flexibility index (Phi) is 5.58. The molecular formula is C16H20F3NO4. The molecule has 1 amide bonds. The van der Waals surface area contributed by atoms with Crippen LogP contribution >= 0.6 is 0 Å². The van der Waals surface area contributed by atoms with Crippen LogP contribution in [0.4, 0.5) is 18.9 Å². The van der Waals surface area contributed by atoms with Crippen LogP contribution < -0.4 is 14.8 Å². The normalized spacial score (nSPS) is 23.8. The average molecular weight is 347 g/mol. The first kappa shape index (κ1) is 18.4. The molecular weight excluding hydrogens is 327 g/mol. The van der Waals surface area contributed by atoms with E-state index in [-0.39, 0.29) is 29.4 Å². The van der Waals surface area contributed by atoms with Crippen molar-refractivity contribution in [3.05, 3.63) is 18.2 Å². The molecule has 1 heterocycles. The number of hydrogen-bond donors (Lipinski definition) is 1. The summed E-state index contributed by atoms with van der Waals surface area (Å²) in [4.78, 5) is 12.3. The van der Waals surface area contributed by atoms with Gasteiger partial charge in [0.25, 0.3) is 5.91 Å². The molecule has 8 heteroatoms. The van der Waals surface area contributed by atoms with Gasteiger partial charge in [0.05, 0.1) is 13.2 Å². The standard InChI is InChI=1S/C16H20F3NO4/c1-9-6-10(2)24-14(9)15(21)20-11-4-5-12(22-3)13(7-11)23-8-16(17,18)19/h4-5,7,9-10,14H,6,8H2,1-3H3,(H,20,21)/t9-,10-,14-/m1/s1. The quantitative estimate of drug-likeness (QED) is 0.887. The number of carbonyl (C=O) groups is 1. The van der Waals surface area contributed by atoms with E-state index in [1.165, 1.54) is 25.3 Å². The lowest BCUT2D eigenvalue weighted by Crippen LogP contribution is -2.31. The van der Waals surface area contributed by atoms with E-state index in [2.05, 4.69) is 5.32 Å². The number of alkyl halides is 3. The van der Waals surface area contributed by atoms with Crippen molar-refractivity contribution in [2.75, 3.05) is 19.0 Å². The Balaban J connectivity index is 2.09. The van der Waals surface area contributed by atoms with Crippen molar-refractivity contribution in [2.45, 2.75) is 38.7 Å². The first-order valence-electron chi connectivity index (χ1n) is 7.53. The van der Waals surface area contributed by atoms with Gasteiger partial charge in [-0.25, -0.2) is 0 Å². The number of amides is 1. The second-order valence-corrected chi connectivity index (χ2v) is 5.84. The fourth-order valence-corrected chi connectivity index (χ4v) is 2.65. The Morgan fingerprint density at radius 2 is 2.04 bits per heavy atom. The maximum absolute atomic E-state index is 12.3. The van der Waals surface area contributed by atoms with E-state index in [0.717, 1.165) is 6.42 Å². The van der Waals surface area contributed by atoms with E-state index < -0.39 is 18.9 Å². The lowest BCUT2D eigenvalue weighted by molar-refractivity contribution is -0.153. The molecule has 134 valence electrons. The summed E-state index contributed by atoms with van der Waals surface area (Å²) in [5.74, 6) is -0.212. The zero-order valence-corrected chi connectivity index (χ0v) is 13.6. The van der Waals surface area contributed by atoms with Gasteiger partial charge in [0.15, 0.2) is 18.1 Å². The number of anilines is 1. The van der Waals surface area contributed by atoms with Crippen LogP contribution in [0.1, 0.15) is 20.3 Å². The summed E-state index contributed by atoms with van der Waals surface area (Å²) in [7, 11) is 1.32. The smallest absolute Gasteiger partial charge is 0.422 e. The molecule has 1 N–H and O–H groups in total. The summed E-state index contributed by atoms with van der Waals surface area (Å²) < 4.78 is 52.2. The largest absolute Gasteiger partial charge is 0.493 e. The monoisotopic (exact) mass is 347 g/mol. The van der Waals surface area contributed by atoms with Gasteiger partial charge in [0.1, 0.15) is 6.10 Å². The number of ether oxygens (including phenoxy) is 3. The molecule has 1 aromatic carbocycles. The zero-order chi connectivity index (χ0) is 17.9. The van der Waals surface area contributed by atoms with Gasteiger partial charge in [-0.1, -0.05) is 6.92 Å². The molecule has 3 atom stereocenters. The molecule has 1 aliphatic rings. The molecule has 0 radical (unpaired) electrons. The van der Waals surface area contributed by atoms with Gasteiger partial charge in [-0.3, -0.25) is 4.79 Å². The van der Waals surface area contributed by atoms with Crippen molar-refractivity contribution in [1.82, 2.24) is 0 Å². The molecule has 5 nitrogen and oxygen atoms in total. The highest BCUT2D eigenvalue weighted by Gasteiger charge is 2.35. The van der Waals surface area contributed by atoms with Crippen LogP contribution in [-0.2, 0) is 9.53 Å². The van der Waals surface area contributed by atoms with Gasteiger partial charge in [-0.15, -0.1) is 0 Å². The molecule has 0 spiro atoms.